The standard InChI is InChI=1S/C11H21N3OS/c1-3-14-4-5-15-10(7-14)6-12-11-13-9(2)8-16-11/h9-10H,3-8H2,1-2H3,(H,12,13). The summed E-state index contributed by atoms with van der Waals surface area (Å²) in [6.45, 7) is 9.22. The van der Waals surface area contributed by atoms with Gasteiger partial charge in [-0.1, -0.05) is 18.7 Å². The van der Waals surface area contributed by atoms with Gasteiger partial charge in [0.25, 0.3) is 0 Å². The minimum absolute atomic E-state index is 0.277. The third-order valence-corrected chi connectivity index (χ3v) is 4.14. The average Bonchev–Trinajstić information content (AvgIpc) is 2.73. The number of ether oxygens (including phenoxy) is 1. The summed E-state index contributed by atoms with van der Waals surface area (Å²) >= 11 is 1.82. The summed E-state index contributed by atoms with van der Waals surface area (Å²) in [6.07, 6.45) is 0.277. The van der Waals surface area contributed by atoms with Crippen molar-refractivity contribution in [2.75, 3.05) is 38.5 Å². The highest BCUT2D eigenvalue weighted by atomic mass is 32.2. The number of likely N-dealkylation sites (N-methyl/N-ethyl adjacent to an activating group) is 1. The molecule has 2 aliphatic heterocycles. The SMILES string of the molecule is CCN1CCOC(CN=C2NC(C)CS2)C1. The maximum Gasteiger partial charge on any atom is 0.156 e. The number of nitrogens with one attached hydrogen (secondary N) is 1. The fraction of sp³-hybridized carbons (Fsp3) is 0.909. The maximum absolute atomic E-state index is 5.71. The van der Waals surface area contributed by atoms with Crippen LogP contribution in [0.5, 0.6) is 0 Å². The molecule has 2 unspecified atom stereocenters. The smallest absolute Gasteiger partial charge is 0.156 e. The van der Waals surface area contributed by atoms with Crippen LogP contribution in [0.15, 0.2) is 4.99 Å². The molecule has 0 aliphatic carbocycles. The average molecular weight is 243 g/mol. The second-order valence-corrected chi connectivity index (χ2v) is 5.40. The summed E-state index contributed by atoms with van der Waals surface area (Å²) in [4.78, 5) is 7.01. The summed E-state index contributed by atoms with van der Waals surface area (Å²) < 4.78 is 5.71. The Morgan fingerprint density at radius 1 is 1.62 bits per heavy atom. The van der Waals surface area contributed by atoms with Gasteiger partial charge in [-0.3, -0.25) is 9.89 Å². The van der Waals surface area contributed by atoms with Gasteiger partial charge in [0.15, 0.2) is 5.17 Å². The molecule has 16 heavy (non-hydrogen) atoms. The highest BCUT2D eigenvalue weighted by Gasteiger charge is 2.20. The summed E-state index contributed by atoms with van der Waals surface area (Å²) in [7, 11) is 0. The van der Waals surface area contributed by atoms with Crippen molar-refractivity contribution < 1.29 is 4.74 Å². The van der Waals surface area contributed by atoms with E-state index >= 15 is 0 Å². The van der Waals surface area contributed by atoms with Crippen LogP contribution in [0.1, 0.15) is 13.8 Å². The Morgan fingerprint density at radius 2 is 2.50 bits per heavy atom. The van der Waals surface area contributed by atoms with Crippen LogP contribution in [0.2, 0.25) is 0 Å². The van der Waals surface area contributed by atoms with E-state index in [4.69, 9.17) is 4.74 Å². The van der Waals surface area contributed by atoms with E-state index in [0.717, 1.165) is 43.7 Å². The number of rotatable bonds is 3. The van der Waals surface area contributed by atoms with Gasteiger partial charge in [-0.15, -0.1) is 0 Å². The topological polar surface area (TPSA) is 36.9 Å². The molecule has 92 valence electrons. The van der Waals surface area contributed by atoms with Gasteiger partial charge in [0.05, 0.1) is 19.3 Å². The first-order chi connectivity index (χ1) is 7.78. The number of hydrogen-bond donors (Lipinski definition) is 1. The Kier molecular flexibility index (Phi) is 4.49. The van der Waals surface area contributed by atoms with Crippen molar-refractivity contribution >= 4 is 16.9 Å². The highest BCUT2D eigenvalue weighted by molar-refractivity contribution is 8.14. The number of morpholine rings is 1. The molecule has 0 saturated carbocycles. The van der Waals surface area contributed by atoms with E-state index in [1.54, 1.807) is 0 Å². The van der Waals surface area contributed by atoms with E-state index in [1.807, 2.05) is 11.8 Å². The zero-order valence-corrected chi connectivity index (χ0v) is 10.9. The quantitative estimate of drug-likeness (QED) is 0.795. The number of aliphatic imine (C=N–C) groups is 1. The molecule has 0 spiro atoms. The second-order valence-electron chi connectivity index (χ2n) is 4.39. The van der Waals surface area contributed by atoms with Gasteiger partial charge in [-0.2, -0.15) is 0 Å². The molecule has 2 rings (SSSR count). The predicted molar refractivity (Wildman–Crippen MR) is 69.2 cm³/mol. The Balaban J connectivity index is 1.76. The molecule has 2 aliphatic rings. The van der Waals surface area contributed by atoms with Crippen LogP contribution in [0.3, 0.4) is 0 Å². The van der Waals surface area contributed by atoms with E-state index in [1.165, 1.54) is 0 Å². The Labute approximate surface area is 102 Å². The molecule has 0 radical (unpaired) electrons. The maximum atomic E-state index is 5.71. The highest BCUT2D eigenvalue weighted by Crippen LogP contribution is 2.13. The summed E-state index contributed by atoms with van der Waals surface area (Å²) in [5, 5.41) is 4.45. The van der Waals surface area contributed by atoms with Crippen molar-refractivity contribution in [3.05, 3.63) is 0 Å². The normalized spacial score (nSPS) is 34.2. The molecule has 0 bridgehead atoms. The molecule has 2 saturated heterocycles. The van der Waals surface area contributed by atoms with E-state index in [9.17, 15) is 0 Å². The van der Waals surface area contributed by atoms with Crippen LogP contribution in [0.4, 0.5) is 0 Å². The van der Waals surface area contributed by atoms with Crippen LogP contribution in [-0.2, 0) is 4.74 Å². The zero-order valence-electron chi connectivity index (χ0n) is 10.1. The third-order valence-electron chi connectivity index (χ3n) is 2.95. The molecule has 0 aromatic rings. The molecule has 0 amide bonds. The molecule has 0 aromatic heterocycles. The zero-order chi connectivity index (χ0) is 11.4. The fourth-order valence-corrected chi connectivity index (χ4v) is 2.89. The van der Waals surface area contributed by atoms with Gasteiger partial charge in [-0.25, -0.2) is 0 Å². The third kappa shape index (κ3) is 3.37. The van der Waals surface area contributed by atoms with Gasteiger partial charge >= 0.3 is 0 Å². The van der Waals surface area contributed by atoms with Crippen LogP contribution in [0.25, 0.3) is 0 Å². The predicted octanol–water partition coefficient (Wildman–Crippen LogP) is 0.788. The first-order valence-electron chi connectivity index (χ1n) is 6.05. The van der Waals surface area contributed by atoms with Gasteiger partial charge in [0.1, 0.15) is 0 Å². The molecule has 2 fully saturated rings. The number of nitrogens with zero attached hydrogens (tertiary/aromatic N) is 2. The Morgan fingerprint density at radius 3 is 3.19 bits per heavy atom. The van der Waals surface area contributed by atoms with Gasteiger partial charge in [-0.05, 0) is 13.5 Å². The van der Waals surface area contributed by atoms with Crippen molar-refractivity contribution in [1.82, 2.24) is 10.2 Å². The van der Waals surface area contributed by atoms with E-state index in [0.29, 0.717) is 6.04 Å². The monoisotopic (exact) mass is 243 g/mol. The van der Waals surface area contributed by atoms with E-state index in [2.05, 4.69) is 29.1 Å². The lowest BCUT2D eigenvalue weighted by Crippen LogP contribution is -2.43. The van der Waals surface area contributed by atoms with Gasteiger partial charge in [0.2, 0.25) is 0 Å². The molecule has 4 nitrogen and oxygen atoms in total. The Hall–Kier alpha value is -0.260. The lowest BCUT2D eigenvalue weighted by atomic mass is 10.3. The Bertz CT molecular complexity index is 260. The van der Waals surface area contributed by atoms with E-state index < -0.39 is 0 Å². The van der Waals surface area contributed by atoms with Gasteiger partial charge < -0.3 is 10.1 Å². The molecule has 2 atom stereocenters. The van der Waals surface area contributed by atoms with E-state index in [-0.39, 0.29) is 6.10 Å². The first-order valence-corrected chi connectivity index (χ1v) is 7.04. The van der Waals surface area contributed by atoms with Crippen molar-refractivity contribution in [1.29, 1.82) is 0 Å². The van der Waals surface area contributed by atoms with Crippen molar-refractivity contribution in [3.8, 4) is 0 Å². The van der Waals surface area contributed by atoms with Crippen LogP contribution in [-0.4, -0.2) is 60.8 Å². The second kappa shape index (κ2) is 5.89. The molecule has 5 heteroatoms. The molecule has 2 heterocycles. The van der Waals surface area contributed by atoms with Crippen LogP contribution < -0.4 is 5.32 Å². The molecule has 0 aromatic carbocycles. The summed E-state index contributed by atoms with van der Waals surface area (Å²) in [6, 6.07) is 0.558. The number of hydrogen-bond acceptors (Lipinski definition) is 4. The minimum atomic E-state index is 0.277. The van der Waals surface area contributed by atoms with Gasteiger partial charge in [0, 0.05) is 24.9 Å². The lowest BCUT2D eigenvalue weighted by molar-refractivity contribution is -0.0209. The molecule has 1 N–H and O–H groups in total. The van der Waals surface area contributed by atoms with Crippen LogP contribution in [0, 0.1) is 0 Å². The number of amidine groups is 1. The molecular weight excluding hydrogens is 222 g/mol. The number of thioether (sulfide) groups is 1. The largest absolute Gasteiger partial charge is 0.374 e. The van der Waals surface area contributed by atoms with Crippen LogP contribution >= 0.6 is 11.8 Å². The summed E-state index contributed by atoms with van der Waals surface area (Å²) in [5.74, 6) is 1.13. The summed E-state index contributed by atoms with van der Waals surface area (Å²) in [5.41, 5.74) is 0. The lowest BCUT2D eigenvalue weighted by Gasteiger charge is -2.31. The minimum Gasteiger partial charge on any atom is -0.374 e. The van der Waals surface area contributed by atoms with Crippen molar-refractivity contribution in [2.24, 2.45) is 4.99 Å². The fourth-order valence-electron chi connectivity index (χ4n) is 1.95. The van der Waals surface area contributed by atoms with Crippen molar-refractivity contribution in [2.45, 2.75) is 26.0 Å². The molecular formula is C11H21N3OS. The van der Waals surface area contributed by atoms with Crippen molar-refractivity contribution in [3.63, 3.8) is 0 Å². The first kappa shape index (κ1) is 12.2.